The highest BCUT2D eigenvalue weighted by atomic mass is 19.4. The van der Waals surface area contributed by atoms with Crippen molar-refractivity contribution in [3.05, 3.63) is 94.8 Å². The summed E-state index contributed by atoms with van der Waals surface area (Å²) < 4.78 is 67.5. The van der Waals surface area contributed by atoms with Crippen LogP contribution in [0, 0.1) is 18.6 Å². The number of hydrogen-bond donors (Lipinski definition) is 1. The van der Waals surface area contributed by atoms with Crippen molar-refractivity contribution in [1.29, 1.82) is 0 Å². The van der Waals surface area contributed by atoms with Gasteiger partial charge in [-0.3, -0.25) is 0 Å². The number of pyridine rings is 1. The third-order valence-electron chi connectivity index (χ3n) is 4.47. The minimum absolute atomic E-state index is 0.0467. The zero-order chi connectivity index (χ0) is 24.1. The molecule has 3 aromatic rings. The van der Waals surface area contributed by atoms with Crippen molar-refractivity contribution in [3.8, 4) is 0 Å². The number of alkyl halides is 3. The first-order valence-electron chi connectivity index (χ1n) is 10.1. The topological polar surface area (TPSA) is 24.9 Å². The van der Waals surface area contributed by atoms with Crippen LogP contribution in [-0.2, 0) is 12.6 Å². The van der Waals surface area contributed by atoms with Crippen LogP contribution in [0.1, 0.15) is 48.8 Å². The van der Waals surface area contributed by atoms with E-state index in [-0.39, 0.29) is 23.5 Å². The van der Waals surface area contributed by atoms with E-state index in [0.29, 0.717) is 16.7 Å². The van der Waals surface area contributed by atoms with Crippen LogP contribution >= 0.6 is 0 Å². The molecule has 7 heteroatoms. The van der Waals surface area contributed by atoms with Gasteiger partial charge in [0.2, 0.25) is 0 Å². The second kappa shape index (κ2) is 10.4. The summed E-state index contributed by atoms with van der Waals surface area (Å²) in [7, 11) is 0. The van der Waals surface area contributed by atoms with Crippen molar-refractivity contribution in [2.45, 2.75) is 40.3 Å². The zero-order valence-electron chi connectivity index (χ0n) is 18.4. The minimum atomic E-state index is -4.58. The molecule has 0 bridgehead atoms. The average Bonchev–Trinajstić information content (AvgIpc) is 2.70. The number of benzene rings is 2. The lowest BCUT2D eigenvalue weighted by molar-refractivity contribution is -0.141. The van der Waals surface area contributed by atoms with Gasteiger partial charge in [-0.15, -0.1) is 0 Å². The molecule has 0 radical (unpaired) electrons. The lowest BCUT2D eigenvalue weighted by Crippen LogP contribution is -2.10. The number of aryl methyl sites for hydroxylation is 1. The maximum Gasteiger partial charge on any atom is 0.433 e. The van der Waals surface area contributed by atoms with Crippen molar-refractivity contribution in [2.24, 2.45) is 0 Å². The predicted molar refractivity (Wildman–Crippen MR) is 119 cm³/mol. The van der Waals surface area contributed by atoms with Gasteiger partial charge in [0.1, 0.15) is 17.3 Å². The molecule has 1 N–H and O–H groups in total. The molecule has 0 unspecified atom stereocenters. The molecule has 0 amide bonds. The number of nitrogens with zero attached hydrogens (tertiary/aromatic N) is 1. The van der Waals surface area contributed by atoms with Crippen LogP contribution in [-0.4, -0.2) is 4.98 Å². The van der Waals surface area contributed by atoms with E-state index in [2.05, 4.69) is 16.9 Å². The molecule has 0 fully saturated rings. The number of nitrogens with one attached hydrogen (secondary N) is 1. The normalized spacial score (nSPS) is 10.9. The summed E-state index contributed by atoms with van der Waals surface area (Å²) in [6.07, 6.45) is -4.63. The van der Waals surface area contributed by atoms with Crippen molar-refractivity contribution < 1.29 is 22.0 Å². The van der Waals surface area contributed by atoms with Gasteiger partial charge >= 0.3 is 6.18 Å². The van der Waals surface area contributed by atoms with Gasteiger partial charge < -0.3 is 5.32 Å². The molecule has 0 aliphatic carbocycles. The largest absolute Gasteiger partial charge is 0.433 e. The number of aromatic nitrogens is 1. The molecule has 0 saturated heterocycles. The monoisotopic (exact) mass is 448 g/mol. The molecule has 0 aliphatic rings. The Morgan fingerprint density at radius 2 is 1.69 bits per heavy atom. The highest BCUT2D eigenvalue weighted by molar-refractivity contribution is 5.80. The predicted octanol–water partition coefficient (Wildman–Crippen LogP) is 8.08. The third kappa shape index (κ3) is 6.15. The molecule has 0 aliphatic heterocycles. The number of anilines is 2. The molecule has 0 atom stereocenters. The number of rotatable bonds is 5. The lowest BCUT2D eigenvalue weighted by Gasteiger charge is -2.18. The van der Waals surface area contributed by atoms with Gasteiger partial charge in [-0.1, -0.05) is 32.6 Å². The molecule has 32 heavy (non-hydrogen) atoms. The van der Waals surface area contributed by atoms with Gasteiger partial charge in [0.25, 0.3) is 0 Å². The third-order valence-corrected chi connectivity index (χ3v) is 4.47. The molecule has 1 aromatic heterocycles. The van der Waals surface area contributed by atoms with E-state index < -0.39 is 23.5 Å². The van der Waals surface area contributed by atoms with Crippen LogP contribution in [0.2, 0.25) is 0 Å². The first-order valence-corrected chi connectivity index (χ1v) is 10.1. The fraction of sp³-hybridized carbons (Fsp3) is 0.240. The molecule has 0 saturated carbocycles. The fourth-order valence-electron chi connectivity index (χ4n) is 3.20. The minimum Gasteiger partial charge on any atom is -0.353 e. The number of hydrogen-bond acceptors (Lipinski definition) is 2. The maximum absolute atomic E-state index is 14.3. The van der Waals surface area contributed by atoms with Crippen molar-refractivity contribution in [3.63, 3.8) is 0 Å². The van der Waals surface area contributed by atoms with Crippen LogP contribution in [0.5, 0.6) is 0 Å². The van der Waals surface area contributed by atoms with E-state index in [9.17, 15) is 22.0 Å². The Kier molecular flexibility index (Phi) is 8.14. The quantitative estimate of drug-likeness (QED) is 0.399. The van der Waals surface area contributed by atoms with Gasteiger partial charge in [0.15, 0.2) is 0 Å². The van der Waals surface area contributed by atoms with Gasteiger partial charge in [-0.2, -0.15) is 13.2 Å². The van der Waals surface area contributed by atoms with Crippen molar-refractivity contribution in [1.82, 2.24) is 4.98 Å². The molecular formula is C25H25F5N2. The maximum atomic E-state index is 14.3. The Morgan fingerprint density at radius 1 is 1.00 bits per heavy atom. The summed E-state index contributed by atoms with van der Waals surface area (Å²) in [5, 5.41) is 2.88. The molecule has 1 heterocycles. The summed E-state index contributed by atoms with van der Waals surface area (Å²) in [4.78, 5) is 3.65. The molecule has 0 spiro atoms. The summed E-state index contributed by atoms with van der Waals surface area (Å²) in [6.45, 7) is 11.3. The fourth-order valence-corrected chi connectivity index (χ4v) is 3.20. The Balaban J connectivity index is 0.00000176. The van der Waals surface area contributed by atoms with Crippen molar-refractivity contribution >= 4 is 16.9 Å². The summed E-state index contributed by atoms with van der Waals surface area (Å²) in [5.41, 5.74) is 1.70. The SMILES string of the molecule is C=C(C)c1c(Cc2cccc(C(F)(F)F)n2)cc(F)cc1Nc1ccc(C)cc1F.CC. The first-order chi connectivity index (χ1) is 15.0. The van der Waals surface area contributed by atoms with Crippen LogP contribution in [0.4, 0.5) is 33.3 Å². The van der Waals surface area contributed by atoms with E-state index in [1.807, 2.05) is 13.8 Å². The Hall–Kier alpha value is -3.22. The second-order valence-electron chi connectivity index (χ2n) is 7.06. The Bertz CT molecular complexity index is 1100. The van der Waals surface area contributed by atoms with Gasteiger partial charge in [-0.05, 0) is 66.9 Å². The van der Waals surface area contributed by atoms with E-state index in [4.69, 9.17) is 0 Å². The molecule has 2 nitrogen and oxygen atoms in total. The Morgan fingerprint density at radius 3 is 2.28 bits per heavy atom. The average molecular weight is 448 g/mol. The van der Waals surface area contributed by atoms with Gasteiger partial charge in [0.05, 0.1) is 5.69 Å². The van der Waals surface area contributed by atoms with E-state index in [1.165, 1.54) is 36.4 Å². The first kappa shape index (κ1) is 25.0. The number of halogens is 5. The second-order valence-corrected chi connectivity index (χ2v) is 7.06. The van der Waals surface area contributed by atoms with E-state index in [1.54, 1.807) is 19.9 Å². The summed E-state index contributed by atoms with van der Waals surface area (Å²) in [5.74, 6) is -1.12. The lowest BCUT2D eigenvalue weighted by atomic mass is 9.95. The Labute approximate surface area is 184 Å². The highest BCUT2D eigenvalue weighted by Gasteiger charge is 2.32. The smallest absolute Gasteiger partial charge is 0.353 e. The van der Waals surface area contributed by atoms with E-state index >= 15 is 0 Å². The molecule has 3 rings (SSSR count). The van der Waals surface area contributed by atoms with Gasteiger partial charge in [0, 0.05) is 23.4 Å². The van der Waals surface area contributed by atoms with Crippen molar-refractivity contribution in [2.75, 3.05) is 5.32 Å². The molecule has 170 valence electrons. The number of allylic oxidation sites excluding steroid dienone is 1. The van der Waals surface area contributed by atoms with E-state index in [0.717, 1.165) is 11.6 Å². The molecule has 2 aromatic carbocycles. The van der Waals surface area contributed by atoms with Crippen LogP contribution in [0.15, 0.2) is 55.1 Å². The summed E-state index contributed by atoms with van der Waals surface area (Å²) in [6, 6.07) is 10.6. The summed E-state index contributed by atoms with van der Waals surface area (Å²) >= 11 is 0. The van der Waals surface area contributed by atoms with Gasteiger partial charge in [-0.25, -0.2) is 13.8 Å². The van der Waals surface area contributed by atoms with Crippen LogP contribution < -0.4 is 5.32 Å². The standard InChI is InChI=1S/C23H19F5N2.C2H6/c1-13(2)22-15(11-17-5-4-6-21(29-17)23(26,27)28)10-16(24)12-20(22)30-19-8-7-14(3)9-18(19)25;1-2/h4-10,12,30H,1,11H2,2-3H3;1-2H3. The van der Waals surface area contributed by atoms with Crippen LogP contribution in [0.3, 0.4) is 0 Å². The highest BCUT2D eigenvalue weighted by Crippen LogP contribution is 2.33. The zero-order valence-corrected chi connectivity index (χ0v) is 18.4. The molecular weight excluding hydrogens is 423 g/mol. The van der Waals surface area contributed by atoms with Crippen LogP contribution in [0.25, 0.3) is 5.57 Å².